The zero-order chi connectivity index (χ0) is 14.2. The molecule has 0 bridgehead atoms. The molecule has 1 heterocycles. The summed E-state index contributed by atoms with van der Waals surface area (Å²) in [6.07, 6.45) is -0.609. The van der Waals surface area contributed by atoms with Crippen LogP contribution in [0.5, 0.6) is 0 Å². The van der Waals surface area contributed by atoms with Crippen LogP contribution in [0.25, 0.3) is 5.69 Å². The highest BCUT2D eigenvalue weighted by atomic mass is 16.3. The van der Waals surface area contributed by atoms with Gasteiger partial charge < -0.3 is 5.11 Å². The Labute approximate surface area is 114 Å². The molecule has 0 radical (unpaired) electrons. The van der Waals surface area contributed by atoms with Crippen molar-refractivity contribution in [1.29, 1.82) is 0 Å². The summed E-state index contributed by atoms with van der Waals surface area (Å²) >= 11 is 0. The molecule has 1 N–H and O–H groups in total. The van der Waals surface area contributed by atoms with Gasteiger partial charge >= 0.3 is 0 Å². The standard InChI is InChI=1S/C15H21N3O/c1-9(2)14(19)15-16-12(5)17-18(15)13-7-6-10(3)8-11(13)4/h6-9,14,19H,1-5H3/t14-/m1/s1. The zero-order valence-electron chi connectivity index (χ0n) is 12.2. The second kappa shape index (κ2) is 5.13. The molecular weight excluding hydrogens is 238 g/mol. The Hall–Kier alpha value is -1.68. The number of rotatable bonds is 3. The highest BCUT2D eigenvalue weighted by molar-refractivity contribution is 5.42. The predicted octanol–water partition coefficient (Wildman–Crippen LogP) is 2.88. The molecule has 0 aliphatic carbocycles. The van der Waals surface area contributed by atoms with Crippen molar-refractivity contribution in [2.75, 3.05) is 0 Å². The molecule has 0 fully saturated rings. The fourth-order valence-corrected chi connectivity index (χ4v) is 2.14. The second-order valence-corrected chi connectivity index (χ2v) is 5.41. The molecule has 1 atom stereocenters. The second-order valence-electron chi connectivity index (χ2n) is 5.41. The van der Waals surface area contributed by atoms with Crippen molar-refractivity contribution >= 4 is 0 Å². The van der Waals surface area contributed by atoms with E-state index in [4.69, 9.17) is 0 Å². The molecule has 19 heavy (non-hydrogen) atoms. The highest BCUT2D eigenvalue weighted by Gasteiger charge is 2.21. The molecule has 4 nitrogen and oxygen atoms in total. The first-order valence-electron chi connectivity index (χ1n) is 6.59. The van der Waals surface area contributed by atoms with Gasteiger partial charge in [0.05, 0.1) is 5.69 Å². The quantitative estimate of drug-likeness (QED) is 0.922. The number of benzene rings is 1. The fourth-order valence-electron chi connectivity index (χ4n) is 2.14. The lowest BCUT2D eigenvalue weighted by molar-refractivity contribution is 0.115. The van der Waals surface area contributed by atoms with Crippen molar-refractivity contribution in [2.24, 2.45) is 5.92 Å². The summed E-state index contributed by atoms with van der Waals surface area (Å²) in [6.45, 7) is 9.90. The maximum atomic E-state index is 10.3. The predicted molar refractivity (Wildman–Crippen MR) is 75.4 cm³/mol. The summed E-state index contributed by atoms with van der Waals surface area (Å²) in [5.74, 6) is 1.39. The maximum Gasteiger partial charge on any atom is 0.161 e. The average Bonchev–Trinajstić information content (AvgIpc) is 2.69. The third-order valence-electron chi connectivity index (χ3n) is 3.21. The van der Waals surface area contributed by atoms with Crippen molar-refractivity contribution in [3.63, 3.8) is 0 Å². The monoisotopic (exact) mass is 259 g/mol. The van der Waals surface area contributed by atoms with Crippen LogP contribution in [0.2, 0.25) is 0 Å². The molecule has 2 rings (SSSR count). The Balaban J connectivity index is 2.56. The number of hydrogen-bond acceptors (Lipinski definition) is 3. The minimum atomic E-state index is -0.609. The molecule has 0 aliphatic rings. The third kappa shape index (κ3) is 2.68. The first-order valence-corrected chi connectivity index (χ1v) is 6.59. The maximum absolute atomic E-state index is 10.3. The van der Waals surface area contributed by atoms with Crippen molar-refractivity contribution in [3.8, 4) is 5.69 Å². The van der Waals surface area contributed by atoms with Gasteiger partial charge in [0, 0.05) is 0 Å². The average molecular weight is 259 g/mol. The van der Waals surface area contributed by atoms with E-state index in [1.54, 1.807) is 4.68 Å². The van der Waals surface area contributed by atoms with E-state index in [-0.39, 0.29) is 5.92 Å². The summed E-state index contributed by atoms with van der Waals surface area (Å²) in [6, 6.07) is 6.18. The van der Waals surface area contributed by atoms with E-state index in [1.165, 1.54) is 5.56 Å². The molecular formula is C15H21N3O. The van der Waals surface area contributed by atoms with E-state index in [2.05, 4.69) is 23.1 Å². The molecule has 0 unspecified atom stereocenters. The van der Waals surface area contributed by atoms with Crippen molar-refractivity contribution in [3.05, 3.63) is 41.0 Å². The van der Waals surface area contributed by atoms with Crippen LogP contribution in [0.3, 0.4) is 0 Å². The van der Waals surface area contributed by atoms with Crippen LogP contribution in [0.1, 0.15) is 42.7 Å². The Bertz CT molecular complexity index is 587. The molecule has 0 saturated carbocycles. The van der Waals surface area contributed by atoms with Gasteiger partial charge in [-0.2, -0.15) is 5.10 Å². The minimum absolute atomic E-state index is 0.105. The van der Waals surface area contributed by atoms with Gasteiger partial charge in [-0.05, 0) is 38.3 Å². The minimum Gasteiger partial charge on any atom is -0.385 e. The lowest BCUT2D eigenvalue weighted by atomic mass is 10.1. The van der Waals surface area contributed by atoms with Crippen LogP contribution in [0, 0.1) is 26.7 Å². The van der Waals surface area contributed by atoms with Gasteiger partial charge in [-0.3, -0.25) is 0 Å². The summed E-state index contributed by atoms with van der Waals surface area (Å²) in [4.78, 5) is 4.37. The van der Waals surface area contributed by atoms with Crippen LogP contribution in [0.15, 0.2) is 18.2 Å². The van der Waals surface area contributed by atoms with Gasteiger partial charge in [-0.15, -0.1) is 0 Å². The van der Waals surface area contributed by atoms with Gasteiger partial charge in [-0.25, -0.2) is 9.67 Å². The van der Waals surface area contributed by atoms with Crippen LogP contribution in [-0.4, -0.2) is 19.9 Å². The van der Waals surface area contributed by atoms with Crippen molar-refractivity contribution in [1.82, 2.24) is 14.8 Å². The number of aliphatic hydroxyl groups excluding tert-OH is 1. The van der Waals surface area contributed by atoms with Crippen molar-refractivity contribution < 1.29 is 5.11 Å². The Morgan fingerprint density at radius 2 is 1.84 bits per heavy atom. The SMILES string of the molecule is Cc1ccc(-n2nc(C)nc2[C@H](O)C(C)C)c(C)c1. The van der Waals surface area contributed by atoms with Crippen LogP contribution < -0.4 is 0 Å². The number of aliphatic hydroxyl groups is 1. The normalized spacial score (nSPS) is 13.0. The third-order valence-corrected chi connectivity index (χ3v) is 3.21. The molecule has 4 heteroatoms. The molecule has 0 saturated heterocycles. The zero-order valence-corrected chi connectivity index (χ0v) is 12.2. The summed E-state index contributed by atoms with van der Waals surface area (Å²) in [7, 11) is 0. The van der Waals surface area contributed by atoms with Crippen LogP contribution in [-0.2, 0) is 0 Å². The largest absolute Gasteiger partial charge is 0.385 e. The molecule has 1 aromatic carbocycles. The molecule has 0 amide bonds. The van der Waals surface area contributed by atoms with Crippen LogP contribution in [0.4, 0.5) is 0 Å². The molecule has 0 spiro atoms. The smallest absolute Gasteiger partial charge is 0.161 e. The number of nitrogens with zero attached hydrogens (tertiary/aromatic N) is 3. The van der Waals surface area contributed by atoms with Crippen molar-refractivity contribution in [2.45, 2.75) is 40.7 Å². The lowest BCUT2D eigenvalue weighted by Gasteiger charge is -2.16. The van der Waals surface area contributed by atoms with E-state index >= 15 is 0 Å². The molecule has 0 aliphatic heterocycles. The Morgan fingerprint density at radius 3 is 2.42 bits per heavy atom. The number of aromatic nitrogens is 3. The van der Waals surface area contributed by atoms with E-state index in [0.717, 1.165) is 11.3 Å². The first-order chi connectivity index (χ1) is 8.90. The highest BCUT2D eigenvalue weighted by Crippen LogP contribution is 2.24. The summed E-state index contributed by atoms with van der Waals surface area (Å²) < 4.78 is 1.76. The molecule has 2 aromatic rings. The summed E-state index contributed by atoms with van der Waals surface area (Å²) in [5.41, 5.74) is 3.31. The van der Waals surface area contributed by atoms with Gasteiger partial charge in [0.25, 0.3) is 0 Å². The fraction of sp³-hybridized carbons (Fsp3) is 0.467. The van der Waals surface area contributed by atoms with Gasteiger partial charge in [0.1, 0.15) is 11.9 Å². The first kappa shape index (κ1) is 13.7. The van der Waals surface area contributed by atoms with E-state index in [9.17, 15) is 5.11 Å². The van der Waals surface area contributed by atoms with E-state index in [1.807, 2.05) is 39.8 Å². The Kier molecular flexibility index (Phi) is 3.71. The van der Waals surface area contributed by atoms with Gasteiger partial charge in [-0.1, -0.05) is 31.5 Å². The van der Waals surface area contributed by atoms with Gasteiger partial charge in [0.15, 0.2) is 5.82 Å². The lowest BCUT2D eigenvalue weighted by Crippen LogP contribution is -2.14. The topological polar surface area (TPSA) is 50.9 Å². The molecule has 102 valence electrons. The van der Waals surface area contributed by atoms with Crippen LogP contribution >= 0.6 is 0 Å². The molecule has 1 aromatic heterocycles. The van der Waals surface area contributed by atoms with Gasteiger partial charge in [0.2, 0.25) is 0 Å². The van der Waals surface area contributed by atoms with E-state index < -0.39 is 6.10 Å². The Morgan fingerprint density at radius 1 is 1.16 bits per heavy atom. The number of hydrogen-bond donors (Lipinski definition) is 1. The number of aryl methyl sites for hydroxylation is 3. The van der Waals surface area contributed by atoms with E-state index in [0.29, 0.717) is 11.6 Å². The summed E-state index contributed by atoms with van der Waals surface area (Å²) in [5, 5.41) is 14.7.